The Balaban J connectivity index is 2.57. The van der Waals surface area contributed by atoms with Gasteiger partial charge >= 0.3 is 0 Å². The largest absolute Gasteiger partial charge is 0.480 e. The first-order valence-corrected chi connectivity index (χ1v) is 4.81. The molecule has 0 aliphatic carbocycles. The lowest BCUT2D eigenvalue weighted by Crippen LogP contribution is -1.95. The first-order chi connectivity index (χ1) is 7.26. The number of carbonyl (C=O) groups is 1. The average Bonchev–Trinajstić information content (AvgIpc) is 2.69. The van der Waals surface area contributed by atoms with E-state index in [0.29, 0.717) is 17.9 Å². The zero-order valence-electron chi connectivity index (χ0n) is 8.70. The van der Waals surface area contributed by atoms with Gasteiger partial charge in [-0.2, -0.15) is 0 Å². The van der Waals surface area contributed by atoms with E-state index in [1.54, 1.807) is 13.2 Å². The molecule has 0 atom stereocenters. The van der Waals surface area contributed by atoms with E-state index in [1.807, 2.05) is 19.1 Å². The fraction of sp³-hybridized carbons (Fsp3) is 0.273. The van der Waals surface area contributed by atoms with Gasteiger partial charge < -0.3 is 4.74 Å². The van der Waals surface area contributed by atoms with Crippen LogP contribution in [0, 0.1) is 0 Å². The quantitative estimate of drug-likeness (QED) is 0.779. The van der Waals surface area contributed by atoms with E-state index in [4.69, 9.17) is 4.74 Å². The molecule has 0 saturated heterocycles. The van der Waals surface area contributed by atoms with Gasteiger partial charge in [0.05, 0.1) is 18.0 Å². The van der Waals surface area contributed by atoms with Crippen molar-refractivity contribution in [1.29, 1.82) is 0 Å². The normalized spacial score (nSPS) is 10.5. The molecular weight excluding hydrogens is 192 g/mol. The summed E-state index contributed by atoms with van der Waals surface area (Å²) in [5, 5.41) is 7.66. The second-order valence-corrected chi connectivity index (χ2v) is 3.27. The number of ether oxygens (including phenoxy) is 1. The number of nitrogens with zero attached hydrogens (tertiary/aromatic N) is 1. The lowest BCUT2D eigenvalue weighted by atomic mass is 10.1. The summed E-state index contributed by atoms with van der Waals surface area (Å²) < 4.78 is 5.08. The first-order valence-electron chi connectivity index (χ1n) is 4.81. The molecule has 4 heteroatoms. The molecule has 1 aromatic heterocycles. The summed E-state index contributed by atoms with van der Waals surface area (Å²) in [7, 11) is 1.56. The zero-order valence-corrected chi connectivity index (χ0v) is 8.70. The van der Waals surface area contributed by atoms with Crippen molar-refractivity contribution in [3.8, 4) is 5.88 Å². The molecular formula is C11H12N2O2. The number of fused-ring (bicyclic) bond motifs is 1. The van der Waals surface area contributed by atoms with Crippen LogP contribution in [0.25, 0.3) is 10.9 Å². The molecule has 78 valence electrons. The van der Waals surface area contributed by atoms with Crippen molar-refractivity contribution in [3.05, 3.63) is 23.8 Å². The van der Waals surface area contributed by atoms with Crippen molar-refractivity contribution in [2.45, 2.75) is 13.3 Å². The molecule has 0 radical (unpaired) electrons. The number of methoxy groups -OCH3 is 1. The Kier molecular flexibility index (Phi) is 2.41. The molecule has 0 aliphatic rings. The van der Waals surface area contributed by atoms with Crippen molar-refractivity contribution in [3.63, 3.8) is 0 Å². The number of aromatic nitrogens is 2. The van der Waals surface area contributed by atoms with Crippen LogP contribution in [0.15, 0.2) is 18.2 Å². The highest BCUT2D eigenvalue weighted by atomic mass is 16.5. The third-order valence-corrected chi connectivity index (χ3v) is 2.36. The van der Waals surface area contributed by atoms with Gasteiger partial charge in [0.1, 0.15) is 0 Å². The molecule has 4 nitrogen and oxygen atoms in total. The molecule has 2 rings (SSSR count). The summed E-state index contributed by atoms with van der Waals surface area (Å²) in [6, 6.07) is 5.45. The third kappa shape index (κ3) is 1.58. The van der Waals surface area contributed by atoms with E-state index in [-0.39, 0.29) is 5.78 Å². The summed E-state index contributed by atoms with van der Waals surface area (Å²) in [5.41, 5.74) is 1.57. The monoisotopic (exact) mass is 204 g/mol. The molecule has 0 aliphatic heterocycles. The molecule has 0 unspecified atom stereocenters. The van der Waals surface area contributed by atoms with E-state index in [2.05, 4.69) is 10.2 Å². The Morgan fingerprint density at radius 1 is 1.53 bits per heavy atom. The highest BCUT2D eigenvalue weighted by molar-refractivity contribution is 6.00. The van der Waals surface area contributed by atoms with Gasteiger partial charge in [0.15, 0.2) is 5.78 Å². The maximum Gasteiger partial charge on any atom is 0.240 e. The van der Waals surface area contributed by atoms with Crippen LogP contribution in [0.3, 0.4) is 0 Å². The summed E-state index contributed by atoms with van der Waals surface area (Å²) in [5.74, 6) is 0.649. The number of nitrogens with one attached hydrogen (secondary N) is 1. The van der Waals surface area contributed by atoms with Crippen molar-refractivity contribution in [1.82, 2.24) is 10.2 Å². The molecule has 1 aromatic carbocycles. The van der Waals surface area contributed by atoms with Gasteiger partial charge in [-0.1, -0.05) is 6.92 Å². The van der Waals surface area contributed by atoms with E-state index in [1.165, 1.54) is 0 Å². The van der Waals surface area contributed by atoms with E-state index < -0.39 is 0 Å². The number of carbonyl (C=O) groups excluding carboxylic acids is 1. The summed E-state index contributed by atoms with van der Waals surface area (Å²) in [6.07, 6.45) is 0.506. The molecule has 1 heterocycles. The van der Waals surface area contributed by atoms with Crippen LogP contribution in [0.1, 0.15) is 23.7 Å². The minimum atomic E-state index is 0.125. The lowest BCUT2D eigenvalue weighted by molar-refractivity contribution is 0.0988. The van der Waals surface area contributed by atoms with Crippen molar-refractivity contribution in [2.24, 2.45) is 0 Å². The topological polar surface area (TPSA) is 55.0 Å². The van der Waals surface area contributed by atoms with Gasteiger partial charge in [0.25, 0.3) is 0 Å². The number of hydrogen-bond acceptors (Lipinski definition) is 3. The molecule has 0 bridgehead atoms. The summed E-state index contributed by atoms with van der Waals surface area (Å²) >= 11 is 0. The molecule has 0 spiro atoms. The Hall–Kier alpha value is -1.84. The molecule has 1 N–H and O–H groups in total. The number of ketones is 1. The number of hydrogen-bond donors (Lipinski definition) is 1. The number of rotatable bonds is 3. The fourth-order valence-corrected chi connectivity index (χ4v) is 1.52. The van der Waals surface area contributed by atoms with Gasteiger partial charge in [-0.05, 0) is 18.2 Å². The fourth-order valence-electron chi connectivity index (χ4n) is 1.52. The van der Waals surface area contributed by atoms with Crippen molar-refractivity contribution >= 4 is 16.7 Å². The SMILES string of the molecule is CCC(=O)c1ccc2[nH]nc(OC)c2c1. The Labute approximate surface area is 87.2 Å². The molecule has 0 amide bonds. The standard InChI is InChI=1S/C11H12N2O2/c1-3-10(14)7-4-5-9-8(6-7)11(15-2)13-12-9/h4-6H,3H2,1-2H3,(H,12,13). The van der Waals surface area contributed by atoms with Gasteiger partial charge in [0.2, 0.25) is 5.88 Å². The second kappa shape index (κ2) is 3.73. The zero-order chi connectivity index (χ0) is 10.8. The third-order valence-electron chi connectivity index (χ3n) is 2.36. The van der Waals surface area contributed by atoms with E-state index in [9.17, 15) is 4.79 Å². The van der Waals surface area contributed by atoms with Crippen LogP contribution in [-0.2, 0) is 0 Å². The summed E-state index contributed by atoms with van der Waals surface area (Å²) in [4.78, 5) is 11.5. The smallest absolute Gasteiger partial charge is 0.240 e. The maximum absolute atomic E-state index is 11.5. The lowest BCUT2D eigenvalue weighted by Gasteiger charge is -1.98. The van der Waals surface area contributed by atoms with E-state index in [0.717, 1.165) is 10.9 Å². The number of H-pyrrole nitrogens is 1. The molecule has 0 fully saturated rings. The van der Waals surface area contributed by atoms with Gasteiger partial charge in [-0.15, -0.1) is 5.10 Å². The van der Waals surface area contributed by atoms with Gasteiger partial charge in [-0.25, -0.2) is 0 Å². The van der Waals surface area contributed by atoms with Crippen LogP contribution in [-0.4, -0.2) is 23.1 Å². The average molecular weight is 204 g/mol. The highest BCUT2D eigenvalue weighted by Crippen LogP contribution is 2.23. The highest BCUT2D eigenvalue weighted by Gasteiger charge is 2.09. The van der Waals surface area contributed by atoms with Gasteiger partial charge in [-0.3, -0.25) is 9.89 Å². The molecule has 2 aromatic rings. The first kappa shape index (κ1) is 9.71. The van der Waals surface area contributed by atoms with Crippen LogP contribution in [0.2, 0.25) is 0 Å². The predicted molar refractivity (Wildman–Crippen MR) is 57.3 cm³/mol. The number of aromatic amines is 1. The number of Topliss-reactive ketones (excluding diaryl/α,β-unsaturated/α-hetero) is 1. The van der Waals surface area contributed by atoms with Crippen molar-refractivity contribution < 1.29 is 9.53 Å². The minimum Gasteiger partial charge on any atom is -0.480 e. The van der Waals surface area contributed by atoms with Crippen LogP contribution in [0.4, 0.5) is 0 Å². The molecule has 15 heavy (non-hydrogen) atoms. The van der Waals surface area contributed by atoms with Crippen LogP contribution < -0.4 is 4.74 Å². The van der Waals surface area contributed by atoms with Crippen LogP contribution >= 0.6 is 0 Å². The summed E-state index contributed by atoms with van der Waals surface area (Å²) in [6.45, 7) is 1.85. The Bertz CT molecular complexity index is 502. The number of benzene rings is 1. The Morgan fingerprint density at radius 3 is 3.00 bits per heavy atom. The maximum atomic E-state index is 11.5. The van der Waals surface area contributed by atoms with Crippen molar-refractivity contribution in [2.75, 3.05) is 7.11 Å². The van der Waals surface area contributed by atoms with Gasteiger partial charge in [0, 0.05) is 12.0 Å². The van der Waals surface area contributed by atoms with E-state index >= 15 is 0 Å². The molecule has 0 saturated carbocycles. The predicted octanol–water partition coefficient (Wildman–Crippen LogP) is 2.16. The van der Waals surface area contributed by atoms with Crippen LogP contribution in [0.5, 0.6) is 5.88 Å². The Morgan fingerprint density at radius 2 is 2.33 bits per heavy atom. The second-order valence-electron chi connectivity index (χ2n) is 3.27. The minimum absolute atomic E-state index is 0.125.